The summed E-state index contributed by atoms with van der Waals surface area (Å²) >= 11 is 0. The Hall–Kier alpha value is -2.66. The molecule has 1 saturated heterocycles. The van der Waals surface area contributed by atoms with Crippen LogP contribution in [0, 0.1) is 0 Å². The molecule has 130 valence electrons. The summed E-state index contributed by atoms with van der Waals surface area (Å²) < 4.78 is 0. The van der Waals surface area contributed by atoms with Gasteiger partial charge in [-0.15, -0.1) is 0 Å². The zero-order chi connectivity index (χ0) is 17.6. The maximum absolute atomic E-state index is 12.4. The second-order valence-electron chi connectivity index (χ2n) is 6.43. The molecule has 0 spiro atoms. The smallest absolute Gasteiger partial charge is 0.255 e. The van der Waals surface area contributed by atoms with E-state index in [0.29, 0.717) is 16.8 Å². The molecule has 25 heavy (non-hydrogen) atoms. The van der Waals surface area contributed by atoms with Crippen LogP contribution in [-0.2, 0) is 6.54 Å². The van der Waals surface area contributed by atoms with Crippen molar-refractivity contribution in [2.75, 3.05) is 18.4 Å². The van der Waals surface area contributed by atoms with E-state index >= 15 is 0 Å². The van der Waals surface area contributed by atoms with E-state index < -0.39 is 5.91 Å². The highest BCUT2D eigenvalue weighted by Crippen LogP contribution is 2.15. The van der Waals surface area contributed by atoms with Crippen LogP contribution in [0.5, 0.6) is 0 Å². The monoisotopic (exact) mass is 337 g/mol. The summed E-state index contributed by atoms with van der Waals surface area (Å²) in [7, 11) is 0. The number of hydrogen-bond donors (Lipinski definition) is 2. The molecular weight excluding hydrogens is 314 g/mol. The molecule has 3 N–H and O–H groups in total. The molecule has 0 atom stereocenters. The van der Waals surface area contributed by atoms with Gasteiger partial charge in [-0.1, -0.05) is 24.6 Å². The van der Waals surface area contributed by atoms with Crippen molar-refractivity contribution in [3.63, 3.8) is 0 Å². The zero-order valence-electron chi connectivity index (χ0n) is 14.2. The predicted molar refractivity (Wildman–Crippen MR) is 98.5 cm³/mol. The average Bonchev–Trinajstić information content (AvgIpc) is 2.63. The Morgan fingerprint density at radius 1 is 0.960 bits per heavy atom. The van der Waals surface area contributed by atoms with Crippen LogP contribution in [0.15, 0.2) is 48.5 Å². The Kier molecular flexibility index (Phi) is 5.46. The fraction of sp³-hybridized carbons (Fsp3) is 0.300. The van der Waals surface area contributed by atoms with Crippen LogP contribution in [0.25, 0.3) is 0 Å². The largest absolute Gasteiger partial charge is 0.366 e. The number of primary amides is 1. The van der Waals surface area contributed by atoms with Crippen LogP contribution >= 0.6 is 0 Å². The third kappa shape index (κ3) is 4.67. The summed E-state index contributed by atoms with van der Waals surface area (Å²) in [6, 6.07) is 14.3. The van der Waals surface area contributed by atoms with Crippen molar-refractivity contribution in [1.82, 2.24) is 4.90 Å². The topological polar surface area (TPSA) is 75.4 Å². The number of carbonyl (C=O) groups is 2. The first kappa shape index (κ1) is 17.2. The van der Waals surface area contributed by atoms with E-state index in [0.717, 1.165) is 19.6 Å². The lowest BCUT2D eigenvalue weighted by Crippen LogP contribution is -2.29. The number of hydrogen-bond acceptors (Lipinski definition) is 3. The lowest BCUT2D eigenvalue weighted by atomic mass is 10.1. The Labute approximate surface area is 147 Å². The van der Waals surface area contributed by atoms with E-state index in [1.165, 1.54) is 24.8 Å². The number of benzene rings is 2. The highest BCUT2D eigenvalue weighted by atomic mass is 16.2. The van der Waals surface area contributed by atoms with E-state index in [1.807, 2.05) is 24.3 Å². The second kappa shape index (κ2) is 7.94. The summed E-state index contributed by atoms with van der Waals surface area (Å²) in [4.78, 5) is 26.0. The quantitative estimate of drug-likeness (QED) is 0.880. The average molecular weight is 337 g/mol. The van der Waals surface area contributed by atoms with Gasteiger partial charge in [0, 0.05) is 23.4 Å². The minimum Gasteiger partial charge on any atom is -0.366 e. The molecule has 2 aromatic rings. The molecule has 2 aromatic carbocycles. The summed E-state index contributed by atoms with van der Waals surface area (Å²) in [6.07, 6.45) is 3.86. The first-order valence-corrected chi connectivity index (χ1v) is 8.64. The fourth-order valence-electron chi connectivity index (χ4n) is 3.09. The van der Waals surface area contributed by atoms with Gasteiger partial charge >= 0.3 is 0 Å². The van der Waals surface area contributed by atoms with E-state index in [1.54, 1.807) is 24.3 Å². The van der Waals surface area contributed by atoms with Crippen LogP contribution in [0.2, 0.25) is 0 Å². The van der Waals surface area contributed by atoms with Crippen molar-refractivity contribution in [3.05, 3.63) is 65.2 Å². The third-order valence-corrected chi connectivity index (χ3v) is 4.48. The molecule has 0 aliphatic carbocycles. The number of rotatable bonds is 5. The molecule has 1 fully saturated rings. The van der Waals surface area contributed by atoms with E-state index in [9.17, 15) is 9.59 Å². The van der Waals surface area contributed by atoms with Crippen molar-refractivity contribution >= 4 is 17.5 Å². The van der Waals surface area contributed by atoms with Crippen LogP contribution in [-0.4, -0.2) is 29.8 Å². The first-order chi connectivity index (χ1) is 12.1. The number of piperidine rings is 1. The molecule has 5 heteroatoms. The molecule has 0 saturated carbocycles. The van der Waals surface area contributed by atoms with Crippen molar-refractivity contribution in [2.45, 2.75) is 25.8 Å². The van der Waals surface area contributed by atoms with Gasteiger partial charge in [-0.05, 0) is 61.8 Å². The normalized spacial score (nSPS) is 14.9. The van der Waals surface area contributed by atoms with Gasteiger partial charge < -0.3 is 11.1 Å². The second-order valence-corrected chi connectivity index (χ2v) is 6.43. The Morgan fingerprint density at radius 3 is 2.36 bits per heavy atom. The van der Waals surface area contributed by atoms with Crippen molar-refractivity contribution in [3.8, 4) is 0 Å². The van der Waals surface area contributed by atoms with Crippen LogP contribution in [0.1, 0.15) is 45.5 Å². The number of carbonyl (C=O) groups excluding carboxylic acids is 2. The molecule has 5 nitrogen and oxygen atoms in total. The van der Waals surface area contributed by atoms with Gasteiger partial charge in [-0.3, -0.25) is 14.5 Å². The van der Waals surface area contributed by atoms with Gasteiger partial charge in [-0.2, -0.15) is 0 Å². The van der Waals surface area contributed by atoms with Gasteiger partial charge in [0.15, 0.2) is 0 Å². The number of nitrogens with two attached hydrogens (primary N) is 1. The molecule has 1 aliphatic rings. The first-order valence-electron chi connectivity index (χ1n) is 8.64. The summed E-state index contributed by atoms with van der Waals surface area (Å²) in [5, 5.41) is 2.80. The number of anilines is 1. The molecule has 0 unspecified atom stereocenters. The minimum atomic E-state index is -0.516. The van der Waals surface area contributed by atoms with Gasteiger partial charge in [0.1, 0.15) is 0 Å². The van der Waals surface area contributed by atoms with E-state index in [-0.39, 0.29) is 5.91 Å². The lowest BCUT2D eigenvalue weighted by molar-refractivity contribution is 0.0996. The predicted octanol–water partition coefficient (Wildman–Crippen LogP) is 3.02. The molecule has 3 rings (SSSR count). The maximum Gasteiger partial charge on any atom is 0.255 e. The highest BCUT2D eigenvalue weighted by Gasteiger charge is 2.11. The highest BCUT2D eigenvalue weighted by molar-refractivity contribution is 6.05. The van der Waals surface area contributed by atoms with Gasteiger partial charge in [0.05, 0.1) is 0 Å². The zero-order valence-corrected chi connectivity index (χ0v) is 14.2. The number of likely N-dealkylation sites (tertiary alicyclic amines) is 1. The Morgan fingerprint density at radius 2 is 1.68 bits per heavy atom. The van der Waals surface area contributed by atoms with Gasteiger partial charge in [0.25, 0.3) is 5.91 Å². The molecule has 2 amide bonds. The van der Waals surface area contributed by atoms with Crippen LogP contribution in [0.3, 0.4) is 0 Å². The molecule has 1 heterocycles. The van der Waals surface area contributed by atoms with E-state index in [2.05, 4.69) is 10.2 Å². The van der Waals surface area contributed by atoms with E-state index in [4.69, 9.17) is 5.73 Å². The van der Waals surface area contributed by atoms with Gasteiger partial charge in [0.2, 0.25) is 5.91 Å². The Balaban J connectivity index is 1.62. The maximum atomic E-state index is 12.4. The molecule has 0 aromatic heterocycles. The van der Waals surface area contributed by atoms with Crippen molar-refractivity contribution in [1.29, 1.82) is 0 Å². The standard InChI is InChI=1S/C20H23N3O2/c21-19(24)17-5-4-6-18(13-17)22-20(25)16-9-7-15(8-10-16)14-23-11-2-1-3-12-23/h4-10,13H,1-3,11-12,14H2,(H2,21,24)(H,22,25). The number of nitrogens with zero attached hydrogens (tertiary/aromatic N) is 1. The van der Waals surface area contributed by atoms with Crippen molar-refractivity contribution < 1.29 is 9.59 Å². The van der Waals surface area contributed by atoms with Gasteiger partial charge in [-0.25, -0.2) is 0 Å². The SMILES string of the molecule is NC(=O)c1cccc(NC(=O)c2ccc(CN3CCCCC3)cc2)c1. The van der Waals surface area contributed by atoms with Crippen molar-refractivity contribution in [2.24, 2.45) is 5.73 Å². The Bertz CT molecular complexity index is 750. The lowest BCUT2D eigenvalue weighted by Gasteiger charge is -2.26. The van der Waals surface area contributed by atoms with Crippen LogP contribution in [0.4, 0.5) is 5.69 Å². The molecule has 0 radical (unpaired) electrons. The number of nitrogens with one attached hydrogen (secondary N) is 1. The van der Waals surface area contributed by atoms with Crippen LogP contribution < -0.4 is 11.1 Å². The minimum absolute atomic E-state index is 0.203. The summed E-state index contributed by atoms with van der Waals surface area (Å²) in [5.41, 5.74) is 7.99. The fourth-order valence-corrected chi connectivity index (χ4v) is 3.09. The third-order valence-electron chi connectivity index (χ3n) is 4.48. The number of amides is 2. The molecule has 0 bridgehead atoms. The summed E-state index contributed by atoms with van der Waals surface area (Å²) in [5.74, 6) is -0.718. The molecule has 1 aliphatic heterocycles. The molecular formula is C20H23N3O2. The summed E-state index contributed by atoms with van der Waals surface area (Å²) in [6.45, 7) is 3.24.